The summed E-state index contributed by atoms with van der Waals surface area (Å²) >= 11 is 0. The van der Waals surface area contributed by atoms with Gasteiger partial charge in [0, 0.05) is 18.7 Å². The van der Waals surface area contributed by atoms with Gasteiger partial charge in [0.1, 0.15) is 17.4 Å². The first-order valence-electron chi connectivity index (χ1n) is 6.08. The Bertz CT molecular complexity index is 570. The minimum absolute atomic E-state index is 0.116. The van der Waals surface area contributed by atoms with Crippen LogP contribution in [0.5, 0.6) is 5.75 Å². The van der Waals surface area contributed by atoms with Crippen molar-refractivity contribution >= 4 is 11.7 Å². The number of aromatic nitrogens is 1. The lowest BCUT2D eigenvalue weighted by molar-refractivity contribution is 0.0955. The zero-order valence-corrected chi connectivity index (χ0v) is 10.6. The molecule has 1 aromatic heterocycles. The Hall–Kier alpha value is -2.63. The molecule has 0 bridgehead atoms. The molecule has 0 atom stereocenters. The van der Waals surface area contributed by atoms with Gasteiger partial charge in [-0.25, -0.2) is 9.37 Å². The number of rotatable bonds is 5. The number of hydrogen-bond acceptors (Lipinski definition) is 4. The predicted octanol–water partition coefficient (Wildman–Crippen LogP) is 1.77. The number of carbonyl (C=O) groups excluding carboxylic acids is 1. The minimum atomic E-state index is -0.392. The summed E-state index contributed by atoms with van der Waals surface area (Å²) in [4.78, 5) is 15.6. The maximum absolute atomic E-state index is 12.6. The highest BCUT2D eigenvalue weighted by molar-refractivity contribution is 5.94. The highest BCUT2D eigenvalue weighted by Gasteiger charge is 2.04. The number of carbonyl (C=O) groups is 1. The van der Waals surface area contributed by atoms with Gasteiger partial charge < -0.3 is 15.7 Å². The van der Waals surface area contributed by atoms with Crippen molar-refractivity contribution in [1.82, 2.24) is 10.3 Å². The number of hydrogen-bond donors (Lipinski definition) is 3. The predicted molar refractivity (Wildman–Crippen MR) is 73.1 cm³/mol. The molecular formula is C14H14FN3O2. The van der Waals surface area contributed by atoms with Crippen LogP contribution < -0.4 is 10.6 Å². The number of anilines is 1. The van der Waals surface area contributed by atoms with Gasteiger partial charge in [0.25, 0.3) is 5.91 Å². The Balaban J connectivity index is 1.74. The summed E-state index contributed by atoms with van der Waals surface area (Å²) < 4.78 is 12.6. The Morgan fingerprint density at radius 3 is 2.55 bits per heavy atom. The number of pyridine rings is 1. The van der Waals surface area contributed by atoms with E-state index in [0.29, 0.717) is 24.5 Å². The van der Waals surface area contributed by atoms with E-state index in [9.17, 15) is 9.18 Å². The lowest BCUT2D eigenvalue weighted by Crippen LogP contribution is -2.28. The monoisotopic (exact) mass is 275 g/mol. The van der Waals surface area contributed by atoms with Crippen molar-refractivity contribution in [3.05, 3.63) is 54.0 Å². The molecule has 2 aromatic rings. The highest BCUT2D eigenvalue weighted by atomic mass is 19.1. The number of benzene rings is 1. The molecule has 0 aliphatic carbocycles. The van der Waals surface area contributed by atoms with Crippen LogP contribution in [0.1, 0.15) is 10.4 Å². The van der Waals surface area contributed by atoms with Crippen molar-refractivity contribution in [2.75, 3.05) is 18.4 Å². The summed E-state index contributed by atoms with van der Waals surface area (Å²) in [7, 11) is 0. The van der Waals surface area contributed by atoms with E-state index in [-0.39, 0.29) is 11.7 Å². The van der Waals surface area contributed by atoms with Crippen LogP contribution in [-0.2, 0) is 0 Å². The Morgan fingerprint density at radius 2 is 1.90 bits per heavy atom. The molecule has 104 valence electrons. The van der Waals surface area contributed by atoms with Crippen LogP contribution in [0.2, 0.25) is 0 Å². The first-order chi connectivity index (χ1) is 9.65. The summed E-state index contributed by atoms with van der Waals surface area (Å²) in [6, 6.07) is 8.83. The lowest BCUT2D eigenvalue weighted by atomic mass is 10.2. The number of nitrogens with zero attached hydrogens (tertiary/aromatic N) is 1. The Labute approximate surface area is 115 Å². The number of phenols is 1. The number of halogens is 1. The van der Waals surface area contributed by atoms with Gasteiger partial charge in [0.2, 0.25) is 0 Å². The summed E-state index contributed by atoms with van der Waals surface area (Å²) in [6.45, 7) is 0.876. The molecule has 0 aliphatic rings. The highest BCUT2D eigenvalue weighted by Crippen LogP contribution is 2.09. The van der Waals surface area contributed by atoms with E-state index in [1.807, 2.05) is 0 Å². The van der Waals surface area contributed by atoms with Gasteiger partial charge in [-0.1, -0.05) is 0 Å². The van der Waals surface area contributed by atoms with Gasteiger partial charge in [0.05, 0.1) is 6.20 Å². The second-order valence-electron chi connectivity index (χ2n) is 4.09. The molecule has 3 N–H and O–H groups in total. The summed E-state index contributed by atoms with van der Waals surface area (Å²) in [5.74, 6) is 0.0472. The second-order valence-corrected chi connectivity index (χ2v) is 4.09. The molecule has 6 heteroatoms. The zero-order chi connectivity index (χ0) is 14.4. The quantitative estimate of drug-likeness (QED) is 0.727. The van der Waals surface area contributed by atoms with Crippen LogP contribution in [0.15, 0.2) is 42.6 Å². The van der Waals surface area contributed by atoms with Crippen molar-refractivity contribution in [2.24, 2.45) is 0 Å². The van der Waals surface area contributed by atoms with E-state index in [1.54, 1.807) is 12.1 Å². The van der Waals surface area contributed by atoms with Crippen molar-refractivity contribution in [3.63, 3.8) is 0 Å². The topological polar surface area (TPSA) is 74.2 Å². The summed E-state index contributed by atoms with van der Waals surface area (Å²) in [5.41, 5.74) is 0.475. The fourth-order valence-electron chi connectivity index (χ4n) is 1.56. The number of nitrogens with one attached hydrogen (secondary N) is 2. The van der Waals surface area contributed by atoms with Crippen LogP contribution >= 0.6 is 0 Å². The van der Waals surface area contributed by atoms with Crippen LogP contribution in [0, 0.1) is 5.82 Å². The number of aromatic hydroxyl groups is 1. The first kappa shape index (κ1) is 13.8. The molecule has 0 saturated carbocycles. The second kappa shape index (κ2) is 6.51. The van der Waals surface area contributed by atoms with E-state index in [1.165, 1.54) is 24.3 Å². The summed E-state index contributed by atoms with van der Waals surface area (Å²) in [6.07, 6.45) is 1.12. The number of phenolic OH excluding ortho intramolecular Hbond substituents is 1. The van der Waals surface area contributed by atoms with Gasteiger partial charge in [0.15, 0.2) is 0 Å². The van der Waals surface area contributed by atoms with Crippen molar-refractivity contribution < 1.29 is 14.3 Å². The number of amides is 1. The molecule has 1 heterocycles. The smallest absolute Gasteiger partial charge is 0.251 e. The molecule has 0 fully saturated rings. The van der Waals surface area contributed by atoms with Gasteiger partial charge >= 0.3 is 0 Å². The van der Waals surface area contributed by atoms with Crippen LogP contribution in [0.3, 0.4) is 0 Å². The van der Waals surface area contributed by atoms with Crippen LogP contribution in [-0.4, -0.2) is 29.1 Å². The molecule has 0 radical (unpaired) electrons. The molecule has 1 aromatic carbocycles. The summed E-state index contributed by atoms with van der Waals surface area (Å²) in [5, 5.41) is 14.8. The molecule has 1 amide bonds. The van der Waals surface area contributed by atoms with Gasteiger partial charge in [-0.3, -0.25) is 4.79 Å². The van der Waals surface area contributed by atoms with E-state index in [0.717, 1.165) is 6.20 Å². The third kappa shape index (κ3) is 3.94. The average molecular weight is 275 g/mol. The van der Waals surface area contributed by atoms with E-state index < -0.39 is 5.82 Å². The average Bonchev–Trinajstić information content (AvgIpc) is 2.46. The van der Waals surface area contributed by atoms with E-state index in [2.05, 4.69) is 15.6 Å². The largest absolute Gasteiger partial charge is 0.508 e. The normalized spacial score (nSPS) is 10.1. The molecule has 0 saturated heterocycles. The molecule has 2 rings (SSSR count). The van der Waals surface area contributed by atoms with Gasteiger partial charge in [-0.2, -0.15) is 0 Å². The van der Waals surface area contributed by atoms with Crippen molar-refractivity contribution in [3.8, 4) is 5.75 Å². The van der Waals surface area contributed by atoms with Crippen molar-refractivity contribution in [1.29, 1.82) is 0 Å². The first-order valence-corrected chi connectivity index (χ1v) is 6.08. The molecule has 0 unspecified atom stereocenters. The fraction of sp³-hybridized carbons (Fsp3) is 0.143. The molecule has 0 aliphatic heterocycles. The Kier molecular flexibility index (Phi) is 4.49. The van der Waals surface area contributed by atoms with E-state index in [4.69, 9.17) is 5.11 Å². The third-order valence-corrected chi connectivity index (χ3v) is 2.57. The van der Waals surface area contributed by atoms with E-state index >= 15 is 0 Å². The maximum atomic E-state index is 12.6. The van der Waals surface area contributed by atoms with Crippen molar-refractivity contribution in [2.45, 2.75) is 0 Å². The SMILES string of the molecule is O=C(NCCNc1ccc(F)cn1)c1ccc(O)cc1. The lowest BCUT2D eigenvalue weighted by Gasteiger charge is -2.07. The molecular weight excluding hydrogens is 261 g/mol. The standard InChI is InChI=1S/C14H14FN3O2/c15-11-3-6-13(18-9-11)16-7-8-17-14(20)10-1-4-12(19)5-2-10/h1-6,9,19H,7-8H2,(H,16,18)(H,17,20). The molecule has 5 nitrogen and oxygen atoms in total. The minimum Gasteiger partial charge on any atom is -0.508 e. The maximum Gasteiger partial charge on any atom is 0.251 e. The fourth-order valence-corrected chi connectivity index (χ4v) is 1.56. The van der Waals surface area contributed by atoms with Gasteiger partial charge in [-0.05, 0) is 36.4 Å². The third-order valence-electron chi connectivity index (χ3n) is 2.57. The molecule has 20 heavy (non-hydrogen) atoms. The van der Waals surface area contributed by atoms with Crippen LogP contribution in [0.4, 0.5) is 10.2 Å². The van der Waals surface area contributed by atoms with Gasteiger partial charge in [-0.15, -0.1) is 0 Å². The molecule has 0 spiro atoms. The van der Waals surface area contributed by atoms with Crippen LogP contribution in [0.25, 0.3) is 0 Å². The zero-order valence-electron chi connectivity index (χ0n) is 10.6. The Morgan fingerprint density at radius 1 is 1.15 bits per heavy atom.